The van der Waals surface area contributed by atoms with Gasteiger partial charge in [-0.15, -0.1) is 0 Å². The largest absolute Gasteiger partial charge is 0.409 e. The first kappa shape index (κ1) is 14.6. The molecule has 0 bridgehead atoms. The normalized spacial score (nSPS) is 11.4. The summed E-state index contributed by atoms with van der Waals surface area (Å²) in [6.07, 6.45) is 3.45. The molecule has 0 radical (unpaired) electrons. The van der Waals surface area contributed by atoms with Crippen molar-refractivity contribution in [3.63, 3.8) is 0 Å². The first-order valence-corrected chi connectivity index (χ1v) is 6.44. The maximum absolute atomic E-state index is 12.6. The molecule has 1 amide bonds. The van der Waals surface area contributed by atoms with E-state index in [2.05, 4.69) is 10.3 Å². The fourth-order valence-corrected chi connectivity index (χ4v) is 1.92. The molecule has 0 aliphatic carbocycles. The highest BCUT2D eigenvalue weighted by Gasteiger charge is 2.19. The molecule has 1 aromatic heterocycles. The summed E-state index contributed by atoms with van der Waals surface area (Å²) in [6, 6.07) is 9.24. The lowest BCUT2D eigenvalue weighted by Gasteiger charge is -2.22. The molecule has 1 heterocycles. The van der Waals surface area contributed by atoms with Gasteiger partial charge in [0.15, 0.2) is 0 Å². The van der Waals surface area contributed by atoms with E-state index in [1.165, 1.54) is 6.20 Å². The van der Waals surface area contributed by atoms with Crippen molar-refractivity contribution in [1.82, 2.24) is 9.78 Å². The second kappa shape index (κ2) is 6.56. The fraction of sp³-hybridized carbons (Fsp3) is 0.214. The summed E-state index contributed by atoms with van der Waals surface area (Å²) in [6.45, 7) is 0.313. The van der Waals surface area contributed by atoms with Crippen LogP contribution in [0, 0.1) is 0 Å². The zero-order valence-electron chi connectivity index (χ0n) is 11.7. The number of hydrogen-bond acceptors (Lipinski definition) is 4. The Kier molecular flexibility index (Phi) is 4.55. The van der Waals surface area contributed by atoms with Gasteiger partial charge < -0.3 is 15.8 Å². The van der Waals surface area contributed by atoms with E-state index in [-0.39, 0.29) is 18.2 Å². The average Bonchev–Trinajstić information content (AvgIpc) is 2.94. The van der Waals surface area contributed by atoms with Crippen molar-refractivity contribution in [2.45, 2.75) is 6.42 Å². The molecule has 2 aromatic rings. The number of para-hydroxylation sites is 1. The third-order valence-electron chi connectivity index (χ3n) is 2.98. The highest BCUT2D eigenvalue weighted by atomic mass is 16.4. The monoisotopic (exact) mass is 287 g/mol. The van der Waals surface area contributed by atoms with Crippen LogP contribution in [0.25, 0.3) is 0 Å². The van der Waals surface area contributed by atoms with Gasteiger partial charge in [0.1, 0.15) is 5.84 Å². The fourth-order valence-electron chi connectivity index (χ4n) is 1.92. The topological polar surface area (TPSA) is 96.7 Å². The second-order valence-corrected chi connectivity index (χ2v) is 4.54. The van der Waals surface area contributed by atoms with Gasteiger partial charge >= 0.3 is 0 Å². The summed E-state index contributed by atoms with van der Waals surface area (Å²) < 4.78 is 1.57. The predicted octanol–water partition coefficient (Wildman–Crippen LogP) is 1.20. The van der Waals surface area contributed by atoms with Gasteiger partial charge in [0.2, 0.25) is 0 Å². The molecule has 0 saturated heterocycles. The second-order valence-electron chi connectivity index (χ2n) is 4.54. The molecule has 0 aliphatic heterocycles. The van der Waals surface area contributed by atoms with E-state index in [0.717, 1.165) is 5.69 Å². The lowest BCUT2D eigenvalue weighted by molar-refractivity contribution is 0.0987. The van der Waals surface area contributed by atoms with Crippen LogP contribution in [0.4, 0.5) is 5.69 Å². The Hall–Kier alpha value is -2.83. The molecule has 0 fully saturated rings. The van der Waals surface area contributed by atoms with Crippen molar-refractivity contribution in [1.29, 1.82) is 0 Å². The first-order chi connectivity index (χ1) is 10.1. The van der Waals surface area contributed by atoms with Gasteiger partial charge in [-0.1, -0.05) is 23.4 Å². The van der Waals surface area contributed by atoms with Crippen LogP contribution in [0.2, 0.25) is 0 Å². The summed E-state index contributed by atoms with van der Waals surface area (Å²) in [7, 11) is 1.75. The van der Waals surface area contributed by atoms with Crippen LogP contribution in [0.5, 0.6) is 0 Å². The van der Waals surface area contributed by atoms with Gasteiger partial charge in [-0.3, -0.25) is 9.48 Å². The highest BCUT2D eigenvalue weighted by Crippen LogP contribution is 2.17. The van der Waals surface area contributed by atoms with Crippen LogP contribution in [-0.4, -0.2) is 33.3 Å². The Balaban J connectivity index is 2.25. The van der Waals surface area contributed by atoms with Crippen LogP contribution in [0.15, 0.2) is 47.9 Å². The molecule has 7 heteroatoms. The third-order valence-corrected chi connectivity index (χ3v) is 2.98. The number of carbonyl (C=O) groups is 1. The highest BCUT2D eigenvalue weighted by molar-refractivity contribution is 6.06. The van der Waals surface area contributed by atoms with Gasteiger partial charge in [0.25, 0.3) is 5.91 Å². The molecule has 21 heavy (non-hydrogen) atoms. The Morgan fingerprint density at radius 3 is 2.71 bits per heavy atom. The number of aryl methyl sites for hydroxylation is 1. The van der Waals surface area contributed by atoms with Crippen molar-refractivity contribution in [3.05, 3.63) is 48.3 Å². The van der Waals surface area contributed by atoms with E-state index < -0.39 is 0 Å². The van der Waals surface area contributed by atoms with E-state index in [1.54, 1.807) is 22.8 Å². The molecule has 2 rings (SSSR count). The molecule has 0 atom stereocenters. The number of carbonyl (C=O) groups excluding carboxylic acids is 1. The molecule has 7 nitrogen and oxygen atoms in total. The Morgan fingerprint density at radius 2 is 2.14 bits per heavy atom. The summed E-state index contributed by atoms with van der Waals surface area (Å²) in [5, 5.41) is 15.6. The molecular formula is C14H17N5O2. The van der Waals surface area contributed by atoms with Crippen LogP contribution < -0.4 is 10.6 Å². The Bertz CT molecular complexity index is 636. The maximum atomic E-state index is 12.6. The number of oxime groups is 1. The number of rotatable bonds is 5. The number of aromatic nitrogens is 2. The molecule has 0 unspecified atom stereocenters. The average molecular weight is 287 g/mol. The van der Waals surface area contributed by atoms with Crippen molar-refractivity contribution >= 4 is 17.4 Å². The van der Waals surface area contributed by atoms with Crippen LogP contribution in [0.3, 0.4) is 0 Å². The smallest absolute Gasteiger partial charge is 0.261 e. The SMILES string of the molecule is Cn1cc(C(=O)N(CC/C(N)=N/O)c2ccccc2)cn1. The molecular weight excluding hydrogens is 270 g/mol. The minimum Gasteiger partial charge on any atom is -0.409 e. The number of amidine groups is 1. The Morgan fingerprint density at radius 1 is 1.43 bits per heavy atom. The lowest BCUT2D eigenvalue weighted by Crippen LogP contribution is -2.34. The van der Waals surface area contributed by atoms with Crippen molar-refractivity contribution in [2.75, 3.05) is 11.4 Å². The van der Waals surface area contributed by atoms with Crippen molar-refractivity contribution < 1.29 is 10.0 Å². The van der Waals surface area contributed by atoms with Crippen molar-refractivity contribution in [3.8, 4) is 0 Å². The van der Waals surface area contributed by atoms with Gasteiger partial charge in [-0.25, -0.2) is 0 Å². The van der Waals surface area contributed by atoms with Gasteiger partial charge in [0, 0.05) is 31.9 Å². The molecule has 0 aliphatic rings. The van der Waals surface area contributed by atoms with E-state index in [0.29, 0.717) is 12.1 Å². The van der Waals surface area contributed by atoms with Gasteiger partial charge in [-0.2, -0.15) is 5.10 Å². The number of amides is 1. The quantitative estimate of drug-likeness (QED) is 0.374. The zero-order valence-corrected chi connectivity index (χ0v) is 11.7. The van der Waals surface area contributed by atoms with Gasteiger partial charge in [-0.05, 0) is 12.1 Å². The van der Waals surface area contributed by atoms with Crippen molar-refractivity contribution in [2.24, 2.45) is 17.9 Å². The first-order valence-electron chi connectivity index (χ1n) is 6.44. The number of hydrogen-bond donors (Lipinski definition) is 2. The van der Waals surface area contributed by atoms with E-state index in [4.69, 9.17) is 10.9 Å². The minimum absolute atomic E-state index is 0.0786. The number of anilines is 1. The molecule has 1 aromatic carbocycles. The van der Waals surface area contributed by atoms with E-state index in [1.807, 2.05) is 30.3 Å². The predicted molar refractivity (Wildman–Crippen MR) is 79.4 cm³/mol. The zero-order chi connectivity index (χ0) is 15.2. The number of nitrogens with zero attached hydrogens (tertiary/aromatic N) is 4. The van der Waals surface area contributed by atoms with Gasteiger partial charge in [0.05, 0.1) is 11.8 Å². The molecule has 110 valence electrons. The number of benzene rings is 1. The molecule has 0 spiro atoms. The standard InChI is InChI=1S/C14H17N5O2/c1-18-10-11(9-16-18)14(20)19(8-7-13(15)17-21)12-5-3-2-4-6-12/h2-6,9-10,21H,7-8H2,1H3,(H2,15,17). The summed E-state index contributed by atoms with van der Waals surface area (Å²) in [4.78, 5) is 14.2. The van der Waals surface area contributed by atoms with Crippen LogP contribution >= 0.6 is 0 Å². The van der Waals surface area contributed by atoms with Crippen LogP contribution in [0.1, 0.15) is 16.8 Å². The number of nitrogens with two attached hydrogens (primary N) is 1. The van der Waals surface area contributed by atoms with Crippen LogP contribution in [-0.2, 0) is 7.05 Å². The van der Waals surface area contributed by atoms with E-state index in [9.17, 15) is 4.79 Å². The lowest BCUT2D eigenvalue weighted by atomic mass is 10.2. The van der Waals surface area contributed by atoms with E-state index >= 15 is 0 Å². The molecule has 3 N–H and O–H groups in total. The third kappa shape index (κ3) is 3.59. The maximum Gasteiger partial charge on any atom is 0.261 e. The minimum atomic E-state index is -0.181. The summed E-state index contributed by atoms with van der Waals surface area (Å²) in [5.74, 6) is -0.102. The summed E-state index contributed by atoms with van der Waals surface area (Å²) >= 11 is 0. The molecule has 0 saturated carbocycles. The summed E-state index contributed by atoms with van der Waals surface area (Å²) in [5.41, 5.74) is 6.72. The Labute approximate surface area is 122 Å².